The molecule has 9 nitrogen and oxygen atoms in total. The molecule has 1 unspecified atom stereocenters. The van der Waals surface area contributed by atoms with Crippen molar-refractivity contribution in [3.63, 3.8) is 0 Å². The van der Waals surface area contributed by atoms with Crippen LogP contribution < -0.4 is 10.2 Å². The van der Waals surface area contributed by atoms with Crippen LogP contribution in [0.15, 0.2) is 52.0 Å². The molecule has 0 saturated heterocycles. The number of sulfonamides is 1. The number of carbonyl (C=O) groups excluding carboxylic acids is 1. The maximum atomic E-state index is 12.6. The molecule has 0 radical (unpaired) electrons. The van der Waals surface area contributed by atoms with Crippen LogP contribution in [0.25, 0.3) is 11.0 Å². The highest BCUT2D eigenvalue weighted by Crippen LogP contribution is 2.22. The summed E-state index contributed by atoms with van der Waals surface area (Å²) in [6, 6.07) is 10.1. The molecule has 3 rings (SSSR count). The van der Waals surface area contributed by atoms with Crippen LogP contribution in [0.4, 0.5) is 0 Å². The number of amides is 1. The summed E-state index contributed by atoms with van der Waals surface area (Å²) in [5, 5.41) is 15.9. The van der Waals surface area contributed by atoms with E-state index in [0.29, 0.717) is 11.1 Å². The Morgan fingerprint density at radius 2 is 1.88 bits per heavy atom. The summed E-state index contributed by atoms with van der Waals surface area (Å²) in [5.41, 5.74) is 2.92. The first-order valence-electron chi connectivity index (χ1n) is 7.20. The molecule has 0 aliphatic rings. The standard InChI is InChI=1S/C15H14N4O5S/c1-9(10-5-7-11(8-6-10)15(20)16-21)19-25(22,23)13-4-2-3-12-14(13)18-24-17-12/h2-9,19,21H,1H3,(H,16,20). The third kappa shape index (κ3) is 3.36. The van der Waals surface area contributed by atoms with Crippen molar-refractivity contribution in [1.82, 2.24) is 20.5 Å². The maximum absolute atomic E-state index is 12.6. The van der Waals surface area contributed by atoms with E-state index in [-0.39, 0.29) is 16.0 Å². The molecule has 0 bridgehead atoms. The summed E-state index contributed by atoms with van der Waals surface area (Å²) >= 11 is 0. The van der Waals surface area contributed by atoms with Crippen LogP contribution in [-0.4, -0.2) is 29.8 Å². The summed E-state index contributed by atoms with van der Waals surface area (Å²) in [6.45, 7) is 1.67. The highest BCUT2D eigenvalue weighted by molar-refractivity contribution is 7.89. The quantitative estimate of drug-likeness (QED) is 0.461. The lowest BCUT2D eigenvalue weighted by atomic mass is 10.1. The molecule has 0 saturated carbocycles. The smallest absolute Gasteiger partial charge is 0.274 e. The first-order valence-corrected chi connectivity index (χ1v) is 8.68. The zero-order valence-electron chi connectivity index (χ0n) is 13.0. The number of nitrogens with zero attached hydrogens (tertiary/aromatic N) is 2. The van der Waals surface area contributed by atoms with E-state index in [9.17, 15) is 13.2 Å². The molecule has 3 N–H and O–H groups in total. The predicted octanol–water partition coefficient (Wildman–Crippen LogP) is 1.38. The molecule has 25 heavy (non-hydrogen) atoms. The number of benzene rings is 2. The van der Waals surface area contributed by atoms with Gasteiger partial charge in [0.25, 0.3) is 5.91 Å². The van der Waals surface area contributed by atoms with Gasteiger partial charge in [0.05, 0.1) is 0 Å². The van der Waals surface area contributed by atoms with Crippen molar-refractivity contribution < 1.29 is 23.0 Å². The molecule has 1 heterocycles. The van der Waals surface area contributed by atoms with Crippen LogP contribution in [0.3, 0.4) is 0 Å². The molecule has 1 amide bonds. The van der Waals surface area contributed by atoms with Gasteiger partial charge in [0.2, 0.25) is 10.0 Å². The van der Waals surface area contributed by atoms with Crippen LogP contribution in [0.5, 0.6) is 0 Å². The number of hydroxylamine groups is 1. The Morgan fingerprint density at radius 3 is 2.56 bits per heavy atom. The van der Waals surface area contributed by atoms with Crippen molar-refractivity contribution in [2.24, 2.45) is 0 Å². The van der Waals surface area contributed by atoms with E-state index in [4.69, 9.17) is 5.21 Å². The van der Waals surface area contributed by atoms with E-state index in [1.165, 1.54) is 23.7 Å². The molecule has 1 aromatic heterocycles. The van der Waals surface area contributed by atoms with Gasteiger partial charge >= 0.3 is 0 Å². The Labute approximate surface area is 142 Å². The average Bonchev–Trinajstić information content (AvgIpc) is 3.09. The molecular weight excluding hydrogens is 348 g/mol. The zero-order chi connectivity index (χ0) is 18.0. The van der Waals surface area contributed by atoms with Crippen molar-refractivity contribution in [3.05, 3.63) is 53.6 Å². The van der Waals surface area contributed by atoms with Crippen molar-refractivity contribution in [2.45, 2.75) is 17.9 Å². The van der Waals surface area contributed by atoms with Crippen LogP contribution >= 0.6 is 0 Å². The predicted molar refractivity (Wildman–Crippen MR) is 86.2 cm³/mol. The van der Waals surface area contributed by atoms with Gasteiger partial charge in [-0.3, -0.25) is 10.0 Å². The fraction of sp³-hybridized carbons (Fsp3) is 0.133. The van der Waals surface area contributed by atoms with E-state index in [0.717, 1.165) is 0 Å². The number of fused-ring (bicyclic) bond motifs is 1. The summed E-state index contributed by atoms with van der Waals surface area (Å²) in [5.74, 6) is -0.648. The summed E-state index contributed by atoms with van der Waals surface area (Å²) in [6.07, 6.45) is 0. The van der Waals surface area contributed by atoms with Crippen molar-refractivity contribution in [2.75, 3.05) is 0 Å². The van der Waals surface area contributed by atoms with E-state index < -0.39 is 22.0 Å². The Bertz CT molecular complexity index is 1010. The van der Waals surface area contributed by atoms with Gasteiger partial charge < -0.3 is 0 Å². The Balaban J connectivity index is 1.85. The van der Waals surface area contributed by atoms with Gasteiger partial charge in [0, 0.05) is 11.6 Å². The molecule has 0 aliphatic carbocycles. The molecule has 0 spiro atoms. The lowest BCUT2D eigenvalue weighted by molar-refractivity contribution is 0.0706. The van der Waals surface area contributed by atoms with Crippen molar-refractivity contribution in [1.29, 1.82) is 0 Å². The van der Waals surface area contributed by atoms with E-state index in [2.05, 4.69) is 19.7 Å². The lowest BCUT2D eigenvalue weighted by Crippen LogP contribution is -2.27. The Morgan fingerprint density at radius 1 is 1.16 bits per heavy atom. The minimum Gasteiger partial charge on any atom is -0.288 e. The average molecular weight is 362 g/mol. The number of hydrogen-bond acceptors (Lipinski definition) is 7. The molecular formula is C15H14N4O5S. The molecule has 2 aromatic carbocycles. The first kappa shape index (κ1) is 17.0. The SMILES string of the molecule is CC(NS(=O)(=O)c1cccc2nonc12)c1ccc(C(=O)NO)cc1. The summed E-state index contributed by atoms with van der Waals surface area (Å²) < 4.78 is 32.4. The highest BCUT2D eigenvalue weighted by atomic mass is 32.2. The fourth-order valence-electron chi connectivity index (χ4n) is 2.35. The number of rotatable bonds is 5. The second-order valence-corrected chi connectivity index (χ2v) is 6.98. The Kier molecular flexibility index (Phi) is 4.49. The number of nitrogens with one attached hydrogen (secondary N) is 2. The van der Waals surface area contributed by atoms with Gasteiger partial charge in [-0.15, -0.1) is 0 Å². The van der Waals surface area contributed by atoms with E-state index >= 15 is 0 Å². The lowest BCUT2D eigenvalue weighted by Gasteiger charge is -2.15. The van der Waals surface area contributed by atoms with Crippen LogP contribution in [-0.2, 0) is 10.0 Å². The fourth-order valence-corrected chi connectivity index (χ4v) is 3.73. The number of hydrogen-bond donors (Lipinski definition) is 3. The first-order chi connectivity index (χ1) is 11.9. The van der Waals surface area contributed by atoms with Gasteiger partial charge in [-0.2, -0.15) is 0 Å². The summed E-state index contributed by atoms with van der Waals surface area (Å²) in [7, 11) is -3.87. The second kappa shape index (κ2) is 6.59. The molecule has 10 heteroatoms. The van der Waals surface area contributed by atoms with Crippen molar-refractivity contribution >= 4 is 27.0 Å². The Hall–Kier alpha value is -2.82. The van der Waals surface area contributed by atoms with Gasteiger partial charge in [0.1, 0.15) is 10.4 Å². The van der Waals surface area contributed by atoms with Crippen LogP contribution in [0, 0.1) is 0 Å². The zero-order valence-corrected chi connectivity index (χ0v) is 13.8. The third-order valence-corrected chi connectivity index (χ3v) is 5.22. The van der Waals surface area contributed by atoms with Gasteiger partial charge in [-0.05, 0) is 47.1 Å². The topological polar surface area (TPSA) is 134 Å². The highest BCUT2D eigenvalue weighted by Gasteiger charge is 2.23. The summed E-state index contributed by atoms with van der Waals surface area (Å²) in [4.78, 5) is 11.3. The monoisotopic (exact) mass is 362 g/mol. The van der Waals surface area contributed by atoms with Crippen LogP contribution in [0.1, 0.15) is 28.9 Å². The van der Waals surface area contributed by atoms with Gasteiger partial charge in [0.15, 0.2) is 5.52 Å². The van der Waals surface area contributed by atoms with Gasteiger partial charge in [-0.25, -0.2) is 23.2 Å². The molecule has 0 fully saturated rings. The van der Waals surface area contributed by atoms with Crippen LogP contribution in [0.2, 0.25) is 0 Å². The number of carbonyl (C=O) groups is 1. The minimum absolute atomic E-state index is 0.0330. The normalized spacial score (nSPS) is 12.9. The molecule has 1 atom stereocenters. The third-order valence-electron chi connectivity index (χ3n) is 3.64. The van der Waals surface area contributed by atoms with E-state index in [1.54, 1.807) is 31.2 Å². The molecule has 3 aromatic rings. The largest absolute Gasteiger partial charge is 0.288 e. The number of aromatic nitrogens is 2. The molecule has 130 valence electrons. The maximum Gasteiger partial charge on any atom is 0.274 e. The minimum atomic E-state index is -3.87. The van der Waals surface area contributed by atoms with E-state index in [1.807, 2.05) is 0 Å². The van der Waals surface area contributed by atoms with Crippen molar-refractivity contribution in [3.8, 4) is 0 Å². The van der Waals surface area contributed by atoms with Gasteiger partial charge in [-0.1, -0.05) is 18.2 Å². The second-order valence-electron chi connectivity index (χ2n) is 5.29. The molecule has 0 aliphatic heterocycles.